The van der Waals surface area contributed by atoms with E-state index in [-0.39, 0.29) is 11.8 Å². The summed E-state index contributed by atoms with van der Waals surface area (Å²) >= 11 is 0. The molecule has 1 atom stereocenters. The van der Waals surface area contributed by atoms with Crippen molar-refractivity contribution in [3.63, 3.8) is 0 Å². The number of carboxylic acid groups (broad SMARTS) is 1. The number of aliphatic carboxylic acids is 1. The van der Waals surface area contributed by atoms with Gasteiger partial charge in [0.15, 0.2) is 9.84 Å². The van der Waals surface area contributed by atoms with Gasteiger partial charge in [0.25, 0.3) is 0 Å². The second-order valence-corrected chi connectivity index (χ2v) is 7.64. The molecule has 6 nitrogen and oxygen atoms in total. The molecule has 1 unspecified atom stereocenters. The van der Waals surface area contributed by atoms with Crippen LogP contribution in [-0.2, 0) is 19.4 Å². The molecule has 1 aliphatic rings. The summed E-state index contributed by atoms with van der Waals surface area (Å²) in [7, 11) is -3.36. The van der Waals surface area contributed by atoms with Gasteiger partial charge in [0.1, 0.15) is 5.25 Å². The number of sulfone groups is 1. The number of carbonyl (C=O) groups excluding carboxylic acids is 1. The van der Waals surface area contributed by atoms with Gasteiger partial charge >= 0.3 is 5.97 Å². The lowest BCUT2D eigenvalue weighted by molar-refractivity contribution is -0.143. The molecule has 0 heterocycles. The van der Waals surface area contributed by atoms with Gasteiger partial charge < -0.3 is 10.4 Å². The van der Waals surface area contributed by atoms with E-state index < -0.39 is 27.0 Å². The number of rotatable bonds is 5. The van der Waals surface area contributed by atoms with Crippen molar-refractivity contribution in [2.45, 2.75) is 37.9 Å². The van der Waals surface area contributed by atoms with E-state index in [2.05, 4.69) is 5.32 Å². The minimum atomic E-state index is -3.36. The fourth-order valence-electron chi connectivity index (χ4n) is 2.20. The standard InChI is InChI=1S/C12H21NO5S/c1-8(19(2,17)18)11(14)13-7-9-3-5-10(6-4-9)12(15)16/h8-10H,3-7H2,1-2H3,(H,13,14)(H,15,16). The molecule has 1 rings (SSSR count). The van der Waals surface area contributed by atoms with Crippen molar-refractivity contribution >= 4 is 21.7 Å². The molecule has 2 N–H and O–H groups in total. The first-order chi connectivity index (χ1) is 8.71. The van der Waals surface area contributed by atoms with Gasteiger partial charge in [-0.1, -0.05) is 0 Å². The van der Waals surface area contributed by atoms with Gasteiger partial charge in [-0.05, 0) is 38.5 Å². The van der Waals surface area contributed by atoms with E-state index in [4.69, 9.17) is 5.11 Å². The number of nitrogens with one attached hydrogen (secondary N) is 1. The zero-order chi connectivity index (χ0) is 14.6. The average Bonchev–Trinajstić information content (AvgIpc) is 2.34. The second kappa shape index (κ2) is 6.36. The lowest BCUT2D eigenvalue weighted by Gasteiger charge is -2.26. The van der Waals surface area contributed by atoms with E-state index in [9.17, 15) is 18.0 Å². The number of carbonyl (C=O) groups is 2. The lowest BCUT2D eigenvalue weighted by Crippen LogP contribution is -2.40. The Bertz CT molecular complexity index is 437. The fraction of sp³-hybridized carbons (Fsp3) is 0.833. The van der Waals surface area contributed by atoms with Crippen LogP contribution < -0.4 is 5.32 Å². The third-order valence-corrected chi connectivity index (χ3v) is 5.27. The highest BCUT2D eigenvalue weighted by molar-refractivity contribution is 7.92. The van der Waals surface area contributed by atoms with Crippen molar-refractivity contribution in [1.29, 1.82) is 0 Å². The van der Waals surface area contributed by atoms with Crippen LogP contribution in [-0.4, -0.2) is 43.5 Å². The molecule has 0 spiro atoms. The van der Waals surface area contributed by atoms with E-state index in [1.807, 2.05) is 0 Å². The van der Waals surface area contributed by atoms with Crippen LogP contribution in [0.25, 0.3) is 0 Å². The Morgan fingerprint density at radius 2 is 1.79 bits per heavy atom. The summed E-state index contributed by atoms with van der Waals surface area (Å²) in [6, 6.07) is 0. The highest BCUT2D eigenvalue weighted by atomic mass is 32.2. The first kappa shape index (κ1) is 15.9. The maximum atomic E-state index is 11.6. The zero-order valence-electron chi connectivity index (χ0n) is 11.3. The summed E-state index contributed by atoms with van der Waals surface area (Å²) in [5.41, 5.74) is 0. The average molecular weight is 291 g/mol. The van der Waals surface area contributed by atoms with Gasteiger partial charge in [-0.25, -0.2) is 8.42 Å². The van der Waals surface area contributed by atoms with Crippen LogP contribution in [0, 0.1) is 11.8 Å². The molecule has 0 aliphatic heterocycles. The normalized spacial score (nSPS) is 25.6. The fourth-order valence-corrected chi connectivity index (χ4v) is 2.67. The van der Waals surface area contributed by atoms with Crippen molar-refractivity contribution in [1.82, 2.24) is 5.32 Å². The van der Waals surface area contributed by atoms with Gasteiger partial charge in [0, 0.05) is 12.8 Å². The van der Waals surface area contributed by atoms with E-state index in [0.717, 1.165) is 19.1 Å². The van der Waals surface area contributed by atoms with Gasteiger partial charge in [0.05, 0.1) is 5.92 Å². The molecule has 0 radical (unpaired) electrons. The molecule has 7 heteroatoms. The number of hydrogen-bond acceptors (Lipinski definition) is 4. The van der Waals surface area contributed by atoms with E-state index in [1.165, 1.54) is 6.92 Å². The van der Waals surface area contributed by atoms with Crippen molar-refractivity contribution in [3.8, 4) is 0 Å². The zero-order valence-corrected chi connectivity index (χ0v) is 12.1. The highest BCUT2D eigenvalue weighted by Crippen LogP contribution is 2.28. The monoisotopic (exact) mass is 291 g/mol. The maximum absolute atomic E-state index is 11.6. The molecule has 1 aliphatic carbocycles. The molecule has 110 valence electrons. The molecular weight excluding hydrogens is 270 g/mol. The number of carboxylic acids is 1. The van der Waals surface area contributed by atoms with Gasteiger partial charge in [0.2, 0.25) is 5.91 Å². The predicted molar refractivity (Wildman–Crippen MR) is 70.4 cm³/mol. The molecule has 0 aromatic carbocycles. The molecule has 0 saturated heterocycles. The largest absolute Gasteiger partial charge is 0.481 e. The highest BCUT2D eigenvalue weighted by Gasteiger charge is 2.27. The van der Waals surface area contributed by atoms with Crippen LogP contribution in [0.15, 0.2) is 0 Å². The van der Waals surface area contributed by atoms with E-state index in [1.54, 1.807) is 0 Å². The first-order valence-corrected chi connectivity index (χ1v) is 8.36. The van der Waals surface area contributed by atoms with Crippen molar-refractivity contribution in [3.05, 3.63) is 0 Å². The van der Waals surface area contributed by atoms with Crippen molar-refractivity contribution in [2.75, 3.05) is 12.8 Å². The van der Waals surface area contributed by atoms with Gasteiger partial charge in [-0.3, -0.25) is 9.59 Å². The summed E-state index contributed by atoms with van der Waals surface area (Å²) in [5, 5.41) is 10.5. The molecule has 0 aromatic heterocycles. The maximum Gasteiger partial charge on any atom is 0.306 e. The Morgan fingerprint density at radius 3 is 2.21 bits per heavy atom. The first-order valence-electron chi connectivity index (χ1n) is 6.41. The molecule has 19 heavy (non-hydrogen) atoms. The number of amides is 1. The second-order valence-electron chi connectivity index (χ2n) is 5.27. The molecule has 0 bridgehead atoms. The van der Waals surface area contributed by atoms with Crippen LogP contribution in [0.5, 0.6) is 0 Å². The van der Waals surface area contributed by atoms with Crippen LogP contribution in [0.3, 0.4) is 0 Å². The molecule has 1 amide bonds. The van der Waals surface area contributed by atoms with Crippen LogP contribution in [0.1, 0.15) is 32.6 Å². The van der Waals surface area contributed by atoms with Gasteiger partial charge in [-0.15, -0.1) is 0 Å². The Hall–Kier alpha value is -1.11. The smallest absolute Gasteiger partial charge is 0.306 e. The SMILES string of the molecule is CC(C(=O)NCC1CCC(C(=O)O)CC1)S(C)(=O)=O. The van der Waals surface area contributed by atoms with E-state index in [0.29, 0.717) is 19.4 Å². The van der Waals surface area contributed by atoms with Gasteiger partial charge in [-0.2, -0.15) is 0 Å². The van der Waals surface area contributed by atoms with Crippen LogP contribution in [0.4, 0.5) is 0 Å². The summed E-state index contributed by atoms with van der Waals surface area (Å²) in [5.74, 6) is -1.27. The minimum Gasteiger partial charge on any atom is -0.481 e. The third-order valence-electron chi connectivity index (χ3n) is 3.77. The van der Waals surface area contributed by atoms with Crippen LogP contribution in [0.2, 0.25) is 0 Å². The van der Waals surface area contributed by atoms with Crippen molar-refractivity contribution < 1.29 is 23.1 Å². The Labute approximate surface area is 113 Å². The summed E-state index contributed by atoms with van der Waals surface area (Å²) in [4.78, 5) is 22.4. The summed E-state index contributed by atoms with van der Waals surface area (Å²) < 4.78 is 22.4. The predicted octanol–water partition coefficient (Wildman–Crippen LogP) is 0.427. The van der Waals surface area contributed by atoms with E-state index >= 15 is 0 Å². The summed E-state index contributed by atoms with van der Waals surface area (Å²) in [6.07, 6.45) is 3.79. The minimum absolute atomic E-state index is 0.242. The van der Waals surface area contributed by atoms with Crippen molar-refractivity contribution in [2.24, 2.45) is 11.8 Å². The lowest BCUT2D eigenvalue weighted by atomic mass is 9.82. The molecule has 1 fully saturated rings. The Morgan fingerprint density at radius 1 is 1.26 bits per heavy atom. The van der Waals surface area contributed by atoms with Crippen LogP contribution >= 0.6 is 0 Å². The molecule has 1 saturated carbocycles. The quantitative estimate of drug-likeness (QED) is 0.765. The third kappa shape index (κ3) is 4.81. The molecule has 0 aromatic rings. The Kier molecular flexibility index (Phi) is 5.34. The Balaban J connectivity index is 2.35. The molecular formula is C12H21NO5S. The summed E-state index contributed by atoms with van der Waals surface area (Å²) in [6.45, 7) is 1.79. The number of hydrogen-bond donors (Lipinski definition) is 2. The topological polar surface area (TPSA) is 101 Å².